The summed E-state index contributed by atoms with van der Waals surface area (Å²) < 4.78 is 35.5. The minimum Gasteiger partial charge on any atom is -0.457 e. The molecule has 0 fully saturated rings. The first-order valence-corrected chi connectivity index (χ1v) is 18.5. The summed E-state index contributed by atoms with van der Waals surface area (Å²) in [4.78, 5) is 5.06. The fourth-order valence-electron chi connectivity index (χ4n) is 8.97. The summed E-state index contributed by atoms with van der Waals surface area (Å²) >= 11 is 3.57. The fourth-order valence-corrected chi connectivity index (χ4v) is 9.35. The van der Waals surface area contributed by atoms with Gasteiger partial charge in [-0.15, -0.1) is 0 Å². The summed E-state index contributed by atoms with van der Waals surface area (Å²) in [5, 5.41) is 2.06. The first kappa shape index (κ1) is 27.4. The third-order valence-electron chi connectivity index (χ3n) is 11.1. The highest BCUT2D eigenvalue weighted by Crippen LogP contribution is 2.63. The van der Waals surface area contributed by atoms with Gasteiger partial charge in [0.15, 0.2) is 0 Å². The number of pyridine rings is 1. The molecule has 2 aromatic heterocycles. The van der Waals surface area contributed by atoms with Crippen molar-refractivity contribution in [1.29, 1.82) is 0 Å². The van der Waals surface area contributed by atoms with E-state index in [0.29, 0.717) is 22.9 Å². The second-order valence-corrected chi connectivity index (χ2v) is 14.7. The summed E-state index contributed by atoms with van der Waals surface area (Å²) in [7, 11) is 0. The number of rotatable bonds is 4. The smallest absolute Gasteiger partial charge is 0.137 e. The minimum absolute atomic E-state index is 0.244. The van der Waals surface area contributed by atoms with Gasteiger partial charge in [-0.2, -0.15) is 0 Å². The van der Waals surface area contributed by atoms with Gasteiger partial charge in [-0.05, 0) is 111 Å². The molecule has 0 bridgehead atoms. The van der Waals surface area contributed by atoms with Gasteiger partial charge in [0.05, 0.1) is 16.4 Å². The molecule has 0 aliphatic heterocycles. The fraction of sp³-hybridized carbons (Fsp3) is 0.0408. The highest BCUT2D eigenvalue weighted by molar-refractivity contribution is 9.10. The molecule has 0 radical (unpaired) electrons. The number of ether oxygens (including phenoxy) is 1. The van der Waals surface area contributed by atoms with E-state index in [1.807, 2.05) is 66.7 Å². The molecule has 3 nitrogen and oxygen atoms in total. The molecule has 2 heterocycles. The van der Waals surface area contributed by atoms with Crippen molar-refractivity contribution in [3.63, 3.8) is 0 Å². The first-order chi connectivity index (χ1) is 27.3. The lowest BCUT2D eigenvalue weighted by molar-refractivity contribution is 0.483. The number of aryl methyl sites for hydroxylation is 1. The lowest BCUT2D eigenvalue weighted by Crippen LogP contribution is -2.25. The van der Waals surface area contributed by atoms with Crippen LogP contribution in [0.4, 0.5) is 0 Å². The van der Waals surface area contributed by atoms with E-state index >= 15 is 0 Å². The zero-order valence-electron chi connectivity index (χ0n) is 31.3. The summed E-state index contributed by atoms with van der Waals surface area (Å²) in [6.07, 6.45) is 1.71. The molecule has 9 aromatic rings. The maximum atomic E-state index is 8.68. The molecular formula is C49H31BrN2O. The monoisotopic (exact) mass is 745 g/mol. The van der Waals surface area contributed by atoms with E-state index < -0.39 is 12.3 Å². The predicted octanol–water partition coefficient (Wildman–Crippen LogP) is 13.1. The normalized spacial score (nSPS) is 14.3. The molecule has 1 spiro atoms. The molecule has 4 heteroatoms. The van der Waals surface area contributed by atoms with Crippen molar-refractivity contribution in [1.82, 2.24) is 9.55 Å². The van der Waals surface area contributed by atoms with Gasteiger partial charge in [-0.1, -0.05) is 125 Å². The van der Waals surface area contributed by atoms with Crippen LogP contribution >= 0.6 is 15.9 Å². The first-order valence-electron chi connectivity index (χ1n) is 19.2. The Morgan fingerprint density at radius 3 is 1.89 bits per heavy atom. The Kier molecular flexibility index (Phi) is 5.89. The number of halogens is 1. The number of fused-ring (bicyclic) bond motifs is 13. The lowest BCUT2D eigenvalue weighted by Gasteiger charge is -2.30. The number of hydrogen-bond acceptors (Lipinski definition) is 2. The molecule has 0 N–H and O–H groups in total. The zero-order valence-corrected chi connectivity index (χ0v) is 29.9. The largest absolute Gasteiger partial charge is 0.457 e. The van der Waals surface area contributed by atoms with Gasteiger partial charge < -0.3 is 4.74 Å². The van der Waals surface area contributed by atoms with Crippen LogP contribution in [0.25, 0.3) is 61.0 Å². The molecule has 7 aromatic carbocycles. The van der Waals surface area contributed by atoms with Crippen LogP contribution in [0.1, 0.15) is 31.9 Å². The van der Waals surface area contributed by atoms with Crippen molar-refractivity contribution in [3.05, 3.63) is 202 Å². The van der Waals surface area contributed by atoms with Crippen molar-refractivity contribution in [3.8, 4) is 50.7 Å². The second-order valence-electron chi connectivity index (χ2n) is 13.8. The van der Waals surface area contributed by atoms with Crippen LogP contribution in [0, 0.1) is 6.85 Å². The van der Waals surface area contributed by atoms with Gasteiger partial charge in [0, 0.05) is 37.2 Å². The second kappa shape index (κ2) is 11.4. The van der Waals surface area contributed by atoms with Crippen molar-refractivity contribution >= 4 is 37.7 Å². The molecule has 0 saturated heterocycles. The Morgan fingerprint density at radius 2 is 1.19 bits per heavy atom. The number of nitrogens with zero attached hydrogens (tertiary/aromatic N) is 2. The zero-order chi connectivity index (χ0) is 37.8. The Hall–Kier alpha value is -6.23. The Morgan fingerprint density at radius 1 is 0.547 bits per heavy atom. The predicted molar refractivity (Wildman–Crippen MR) is 219 cm³/mol. The maximum Gasteiger partial charge on any atom is 0.137 e. The van der Waals surface area contributed by atoms with Crippen LogP contribution in [0.2, 0.25) is 0 Å². The van der Waals surface area contributed by atoms with Crippen LogP contribution in [0.5, 0.6) is 11.5 Å². The van der Waals surface area contributed by atoms with E-state index in [4.69, 9.17) is 13.8 Å². The standard InChI is InChI=1S/C49H31BrN2O/c1-30-24-48(51-29-41(30)31-12-3-2-4-13-31)52-46-26-34(53-33-15-11-14-32(50)25-33)22-23-38(46)40-27-39-37-18-7-10-21-44(37)49(45(39)28-47(40)52)42-19-8-5-16-35(42)36-17-6-9-20-43(36)49/h2-29H,1H3/i1D3. The average Bonchev–Trinajstić information content (AvgIpc) is 3.81. The summed E-state index contributed by atoms with van der Waals surface area (Å²) in [6.45, 7) is -2.39. The van der Waals surface area contributed by atoms with Crippen LogP contribution in [-0.2, 0) is 5.41 Å². The molecule has 0 saturated carbocycles. The molecule has 0 unspecified atom stereocenters. The molecular weight excluding hydrogens is 712 g/mol. The van der Waals surface area contributed by atoms with Gasteiger partial charge in [0.2, 0.25) is 0 Å². The molecule has 0 atom stereocenters. The van der Waals surface area contributed by atoms with Gasteiger partial charge in [-0.25, -0.2) is 4.98 Å². The Labute approximate surface area is 320 Å². The van der Waals surface area contributed by atoms with Gasteiger partial charge >= 0.3 is 0 Å². The van der Waals surface area contributed by atoms with Gasteiger partial charge in [0.25, 0.3) is 0 Å². The van der Waals surface area contributed by atoms with Crippen LogP contribution in [-0.4, -0.2) is 9.55 Å². The third kappa shape index (κ3) is 4.30. The molecule has 53 heavy (non-hydrogen) atoms. The summed E-state index contributed by atoms with van der Waals surface area (Å²) in [5.41, 5.74) is 12.7. The van der Waals surface area contributed by atoms with Crippen LogP contribution in [0.3, 0.4) is 0 Å². The molecule has 0 amide bonds. The number of aromatic nitrogens is 2. The highest BCUT2D eigenvalue weighted by Gasteiger charge is 2.51. The topological polar surface area (TPSA) is 27.1 Å². The molecule has 250 valence electrons. The Balaban J connectivity index is 1.24. The molecule has 11 rings (SSSR count). The minimum atomic E-state index is -2.39. The van der Waals surface area contributed by atoms with Crippen molar-refractivity contribution in [2.45, 2.75) is 12.3 Å². The molecule has 2 aliphatic rings. The summed E-state index contributed by atoms with van der Waals surface area (Å²) in [6, 6.07) is 56.3. The SMILES string of the molecule is [2H]C([2H])([2H])c1cc(-n2c3cc(Oc4cccc(Br)c4)ccc3c3cc4c(cc32)C2(c3ccccc3-c3ccccc32)c2ccccc2-4)ncc1-c1ccccc1. The number of hydrogen-bond donors (Lipinski definition) is 0. The van der Waals surface area contributed by atoms with Crippen molar-refractivity contribution < 1.29 is 8.85 Å². The lowest BCUT2D eigenvalue weighted by atomic mass is 9.70. The van der Waals surface area contributed by atoms with E-state index in [0.717, 1.165) is 31.8 Å². The molecule has 2 aliphatic carbocycles. The average molecular weight is 747 g/mol. The summed E-state index contributed by atoms with van der Waals surface area (Å²) in [5.74, 6) is 1.88. The van der Waals surface area contributed by atoms with Crippen molar-refractivity contribution in [2.24, 2.45) is 0 Å². The van der Waals surface area contributed by atoms with E-state index in [2.05, 4.69) is 111 Å². The van der Waals surface area contributed by atoms with E-state index in [9.17, 15) is 0 Å². The maximum absolute atomic E-state index is 8.68. The highest BCUT2D eigenvalue weighted by atomic mass is 79.9. The van der Waals surface area contributed by atoms with E-state index in [1.54, 1.807) is 12.3 Å². The number of benzene rings is 7. The van der Waals surface area contributed by atoms with Gasteiger partial charge in [-0.3, -0.25) is 4.57 Å². The van der Waals surface area contributed by atoms with Crippen molar-refractivity contribution in [2.75, 3.05) is 0 Å². The van der Waals surface area contributed by atoms with E-state index in [-0.39, 0.29) is 5.56 Å². The van der Waals surface area contributed by atoms with Crippen LogP contribution < -0.4 is 4.74 Å². The van der Waals surface area contributed by atoms with Gasteiger partial charge in [0.1, 0.15) is 17.3 Å². The van der Waals surface area contributed by atoms with E-state index in [1.165, 1.54) is 44.5 Å². The van der Waals surface area contributed by atoms with Crippen LogP contribution in [0.15, 0.2) is 174 Å². The Bertz CT molecular complexity index is 3030. The third-order valence-corrected chi connectivity index (χ3v) is 11.6. The quantitative estimate of drug-likeness (QED) is 0.179.